The molecular weight excluding hydrogens is 352 g/mol. The van der Waals surface area contributed by atoms with Gasteiger partial charge in [-0.3, -0.25) is 0 Å². The highest BCUT2D eigenvalue weighted by molar-refractivity contribution is 7.73. The quantitative estimate of drug-likeness (QED) is 0.332. The maximum absolute atomic E-state index is 5.64. The Morgan fingerprint density at radius 1 is 0.654 bits per heavy atom. The van der Waals surface area contributed by atoms with Crippen LogP contribution in [0.5, 0.6) is 0 Å². The molecule has 0 nitrogen and oxygen atoms in total. The van der Waals surface area contributed by atoms with E-state index in [0.29, 0.717) is 0 Å². The summed E-state index contributed by atoms with van der Waals surface area (Å²) in [5.74, 6) is 0. The fraction of sp³-hybridized carbons (Fsp3) is 0.0417. The second-order valence-electron chi connectivity index (χ2n) is 6.28. The summed E-state index contributed by atoms with van der Waals surface area (Å²) in [5, 5.41) is 0. The van der Waals surface area contributed by atoms with Gasteiger partial charge in [0.15, 0.2) is 0 Å². The van der Waals surface area contributed by atoms with Crippen LogP contribution in [0, 0.1) is 10.7 Å². The van der Waals surface area contributed by atoms with Gasteiger partial charge in [0.2, 0.25) is 0 Å². The van der Waals surface area contributed by atoms with Gasteiger partial charge in [-0.2, -0.15) is 0 Å². The fourth-order valence-electron chi connectivity index (χ4n) is 3.14. The predicted octanol–water partition coefficient (Wildman–Crippen LogP) is 7.79. The Balaban J connectivity index is 2.07. The lowest BCUT2D eigenvalue weighted by Crippen LogP contribution is -1.89. The van der Waals surface area contributed by atoms with Crippen LogP contribution in [0.15, 0.2) is 91.0 Å². The van der Waals surface area contributed by atoms with Crippen molar-refractivity contribution in [2.45, 2.75) is 6.92 Å². The van der Waals surface area contributed by atoms with Crippen molar-refractivity contribution in [2.75, 3.05) is 0 Å². The minimum Gasteiger partial charge on any atom is -0.123 e. The van der Waals surface area contributed by atoms with Crippen molar-refractivity contribution in [1.29, 1.82) is 0 Å². The fourth-order valence-corrected chi connectivity index (χ4v) is 4.47. The molecule has 0 fully saturated rings. The molecule has 0 unspecified atom stereocenters. The first-order valence-electron chi connectivity index (χ1n) is 8.58. The Hall–Kier alpha value is -2.55. The molecular formula is C24H18S2. The second kappa shape index (κ2) is 7.36. The Kier molecular flexibility index (Phi) is 4.79. The van der Waals surface area contributed by atoms with E-state index < -0.39 is 0 Å². The predicted molar refractivity (Wildman–Crippen MR) is 116 cm³/mol. The van der Waals surface area contributed by atoms with Crippen LogP contribution >= 0.6 is 23.6 Å². The van der Waals surface area contributed by atoms with Crippen molar-refractivity contribution in [2.24, 2.45) is 0 Å². The van der Waals surface area contributed by atoms with Crippen molar-refractivity contribution >= 4 is 23.6 Å². The van der Waals surface area contributed by atoms with E-state index in [-0.39, 0.29) is 0 Å². The molecule has 1 heterocycles. The average Bonchev–Trinajstić information content (AvgIpc) is 2.69. The van der Waals surface area contributed by atoms with Crippen molar-refractivity contribution in [1.82, 2.24) is 0 Å². The van der Waals surface area contributed by atoms with E-state index in [9.17, 15) is 0 Å². The Labute approximate surface area is 163 Å². The molecule has 0 spiro atoms. The first-order chi connectivity index (χ1) is 12.7. The Morgan fingerprint density at radius 3 is 1.85 bits per heavy atom. The van der Waals surface area contributed by atoms with E-state index in [4.69, 9.17) is 12.2 Å². The van der Waals surface area contributed by atoms with Gasteiger partial charge in [-0.15, -0.1) is 11.3 Å². The van der Waals surface area contributed by atoms with Gasteiger partial charge >= 0.3 is 0 Å². The van der Waals surface area contributed by atoms with Crippen LogP contribution in [-0.4, -0.2) is 0 Å². The van der Waals surface area contributed by atoms with Gasteiger partial charge in [0.1, 0.15) is 0 Å². The van der Waals surface area contributed by atoms with Crippen molar-refractivity contribution < 1.29 is 0 Å². The molecule has 0 saturated carbocycles. The highest BCUT2D eigenvalue weighted by Gasteiger charge is 2.15. The highest BCUT2D eigenvalue weighted by atomic mass is 32.1. The van der Waals surface area contributed by atoms with Crippen molar-refractivity contribution in [3.63, 3.8) is 0 Å². The summed E-state index contributed by atoms with van der Waals surface area (Å²) in [5.41, 5.74) is 7.32. The van der Waals surface area contributed by atoms with Gasteiger partial charge in [-0.1, -0.05) is 103 Å². The molecule has 0 radical (unpaired) electrons. The maximum atomic E-state index is 5.64. The third kappa shape index (κ3) is 3.39. The van der Waals surface area contributed by atoms with E-state index >= 15 is 0 Å². The van der Waals surface area contributed by atoms with Crippen LogP contribution in [0.2, 0.25) is 0 Å². The molecule has 1 aromatic heterocycles. The van der Waals surface area contributed by atoms with Crippen LogP contribution in [-0.2, 0) is 0 Å². The first kappa shape index (κ1) is 16.9. The first-order valence-corrected chi connectivity index (χ1v) is 9.81. The van der Waals surface area contributed by atoms with Crippen LogP contribution in [0.4, 0.5) is 0 Å². The molecule has 0 N–H and O–H groups in total. The molecule has 126 valence electrons. The molecule has 0 aliphatic heterocycles. The number of benzene rings is 3. The van der Waals surface area contributed by atoms with Gasteiger partial charge in [0.05, 0.1) is 3.82 Å². The monoisotopic (exact) mass is 370 g/mol. The zero-order valence-corrected chi connectivity index (χ0v) is 16.1. The molecule has 0 amide bonds. The van der Waals surface area contributed by atoms with E-state index in [2.05, 4.69) is 91.9 Å². The Morgan fingerprint density at radius 2 is 1.23 bits per heavy atom. The lowest BCUT2D eigenvalue weighted by atomic mass is 9.93. The van der Waals surface area contributed by atoms with E-state index in [0.717, 1.165) is 3.82 Å². The van der Waals surface area contributed by atoms with Gasteiger partial charge in [-0.05, 0) is 35.2 Å². The summed E-state index contributed by atoms with van der Waals surface area (Å²) >= 11 is 7.32. The molecule has 0 atom stereocenters. The lowest BCUT2D eigenvalue weighted by molar-refractivity contribution is 1.47. The molecule has 3 aromatic carbocycles. The average molecular weight is 371 g/mol. The third-order valence-corrected chi connectivity index (χ3v) is 5.75. The number of hydrogen-bond donors (Lipinski definition) is 0. The molecule has 2 heteroatoms. The van der Waals surface area contributed by atoms with Gasteiger partial charge in [0.25, 0.3) is 0 Å². The number of aryl methyl sites for hydroxylation is 1. The lowest BCUT2D eigenvalue weighted by Gasteiger charge is -2.15. The van der Waals surface area contributed by atoms with Gasteiger partial charge < -0.3 is 0 Å². The summed E-state index contributed by atoms with van der Waals surface area (Å²) < 4.78 is 0.902. The summed E-state index contributed by atoms with van der Waals surface area (Å²) in [6.45, 7) is 2.12. The van der Waals surface area contributed by atoms with Crippen molar-refractivity contribution in [3.05, 3.63) is 100 Å². The Bertz CT molecular complexity index is 1080. The minimum absolute atomic E-state index is 0.902. The smallest absolute Gasteiger partial charge is 0.0912 e. The molecule has 0 aliphatic carbocycles. The second-order valence-corrected chi connectivity index (χ2v) is 8.03. The van der Waals surface area contributed by atoms with Gasteiger partial charge in [0, 0.05) is 10.4 Å². The molecule has 4 rings (SSSR count). The van der Waals surface area contributed by atoms with E-state index in [1.165, 1.54) is 38.3 Å². The summed E-state index contributed by atoms with van der Waals surface area (Å²) in [6, 6.07) is 31.9. The summed E-state index contributed by atoms with van der Waals surface area (Å²) in [7, 11) is 0. The number of hydrogen-bond acceptors (Lipinski definition) is 2. The molecule has 0 saturated heterocycles. The van der Waals surface area contributed by atoms with Crippen LogP contribution in [0.3, 0.4) is 0 Å². The summed E-state index contributed by atoms with van der Waals surface area (Å²) in [4.78, 5) is 1.22. The normalized spacial score (nSPS) is 10.7. The van der Waals surface area contributed by atoms with Crippen LogP contribution in [0.25, 0.3) is 32.7 Å². The van der Waals surface area contributed by atoms with Crippen LogP contribution < -0.4 is 0 Å². The molecule has 26 heavy (non-hydrogen) atoms. The topological polar surface area (TPSA) is 0 Å². The maximum Gasteiger partial charge on any atom is 0.0912 e. The largest absolute Gasteiger partial charge is 0.123 e. The highest BCUT2D eigenvalue weighted by Crippen LogP contribution is 2.42. The van der Waals surface area contributed by atoms with Gasteiger partial charge in [-0.25, -0.2) is 0 Å². The summed E-state index contributed by atoms with van der Waals surface area (Å²) in [6.07, 6.45) is 0. The minimum atomic E-state index is 0.902. The molecule has 0 aliphatic rings. The standard InChI is InChI=1S/C24H18S2/c1-17-12-14-20(15-13-17)24-23(19-10-6-3-7-11-19)21(16-22(25)26-24)18-8-4-2-5-9-18/h2-16H,1H3. The molecule has 4 aromatic rings. The van der Waals surface area contributed by atoms with E-state index in [1.807, 2.05) is 6.07 Å². The third-order valence-electron chi connectivity index (χ3n) is 4.42. The van der Waals surface area contributed by atoms with E-state index in [1.54, 1.807) is 11.3 Å². The SMILES string of the molecule is Cc1ccc(-c2sc(=S)cc(-c3ccccc3)c2-c2ccccc2)cc1. The van der Waals surface area contributed by atoms with Crippen LogP contribution in [0.1, 0.15) is 5.56 Å². The zero-order chi connectivity index (χ0) is 17.9. The molecule has 0 bridgehead atoms. The van der Waals surface area contributed by atoms with Crippen molar-refractivity contribution in [3.8, 4) is 32.7 Å². The number of rotatable bonds is 3. The zero-order valence-electron chi connectivity index (χ0n) is 14.5.